The third-order valence-electron chi connectivity index (χ3n) is 3.86. The molecule has 5 heteroatoms. The molecule has 0 fully saturated rings. The first-order valence-electron chi connectivity index (χ1n) is 8.24. The first-order valence-corrected chi connectivity index (χ1v) is 10.1. The lowest BCUT2D eigenvalue weighted by atomic mass is 10.2. The largest absolute Gasteiger partial charge is 0.456 e. The van der Waals surface area contributed by atoms with E-state index < -0.39 is 7.29 Å². The van der Waals surface area contributed by atoms with E-state index in [1.165, 1.54) is 0 Å². The van der Waals surface area contributed by atoms with Gasteiger partial charge in [0.25, 0.3) is 0 Å². The molecule has 0 spiro atoms. The third-order valence-corrected chi connectivity index (χ3v) is 5.51. The van der Waals surface area contributed by atoms with Crippen LogP contribution >= 0.6 is 7.29 Å². The van der Waals surface area contributed by atoms with E-state index in [9.17, 15) is 4.57 Å². The van der Waals surface area contributed by atoms with Gasteiger partial charge >= 0.3 is 0 Å². The van der Waals surface area contributed by atoms with E-state index in [-0.39, 0.29) is 0 Å². The van der Waals surface area contributed by atoms with Gasteiger partial charge in [-0.3, -0.25) is 9.76 Å². The molecule has 3 rings (SSSR count). The smallest absolute Gasteiger partial charge is 0.235 e. The molecule has 25 heavy (non-hydrogen) atoms. The maximum Gasteiger partial charge on any atom is 0.235 e. The van der Waals surface area contributed by atoms with Crippen LogP contribution in [0.3, 0.4) is 0 Å². The Hall–Kier alpha value is -2.58. The molecule has 1 N–H and O–H groups in total. The van der Waals surface area contributed by atoms with Crippen molar-refractivity contribution in [1.29, 1.82) is 0 Å². The molecule has 0 aromatic heterocycles. The fourth-order valence-electron chi connectivity index (χ4n) is 2.33. The second-order valence-electron chi connectivity index (χ2n) is 5.83. The van der Waals surface area contributed by atoms with Crippen LogP contribution in [0.2, 0.25) is 0 Å². The van der Waals surface area contributed by atoms with Crippen LogP contribution in [0.4, 0.5) is 0 Å². The summed E-state index contributed by atoms with van der Waals surface area (Å²) in [6, 6.07) is 19.3. The van der Waals surface area contributed by atoms with E-state index >= 15 is 0 Å². The van der Waals surface area contributed by atoms with Crippen LogP contribution in [0.1, 0.15) is 31.4 Å². The van der Waals surface area contributed by atoms with Crippen LogP contribution in [0, 0.1) is 0 Å². The highest BCUT2D eigenvalue weighted by Gasteiger charge is 2.26. The third kappa shape index (κ3) is 4.28. The van der Waals surface area contributed by atoms with Crippen LogP contribution in [0.5, 0.6) is 0 Å². The molecule has 0 radical (unpaired) electrons. The molecule has 2 aromatic carbocycles. The SMILES string of the molecule is CCC(C)=NNP1(=O)C=C(c2ccccc2)OC(c2ccccc2)=C1. The minimum Gasteiger partial charge on any atom is -0.456 e. The van der Waals surface area contributed by atoms with Crippen molar-refractivity contribution in [2.75, 3.05) is 0 Å². The summed E-state index contributed by atoms with van der Waals surface area (Å²) >= 11 is 0. The number of rotatable bonds is 5. The van der Waals surface area contributed by atoms with Crippen LogP contribution in [0.15, 0.2) is 77.4 Å². The molecule has 0 saturated heterocycles. The summed E-state index contributed by atoms with van der Waals surface area (Å²) in [7, 11) is -3.01. The highest BCUT2D eigenvalue weighted by atomic mass is 31.2. The van der Waals surface area contributed by atoms with E-state index in [1.807, 2.05) is 74.5 Å². The zero-order chi connectivity index (χ0) is 17.7. The lowest BCUT2D eigenvalue weighted by Crippen LogP contribution is -2.07. The monoisotopic (exact) mass is 352 g/mol. The molecule has 0 aliphatic carbocycles. The summed E-state index contributed by atoms with van der Waals surface area (Å²) in [5.41, 5.74) is 2.65. The summed E-state index contributed by atoms with van der Waals surface area (Å²) in [5.74, 6) is 4.42. The molecule has 0 bridgehead atoms. The summed E-state index contributed by atoms with van der Waals surface area (Å²) in [6.45, 7) is 3.92. The predicted octanol–water partition coefficient (Wildman–Crippen LogP) is 5.67. The molecule has 1 aliphatic heterocycles. The number of ether oxygens (including phenoxy) is 1. The van der Waals surface area contributed by atoms with Gasteiger partial charge in [0.1, 0.15) is 11.5 Å². The molecule has 1 aliphatic rings. The van der Waals surface area contributed by atoms with Crippen LogP contribution in [0.25, 0.3) is 11.5 Å². The summed E-state index contributed by atoms with van der Waals surface area (Å²) in [4.78, 5) is 0. The zero-order valence-electron chi connectivity index (χ0n) is 14.3. The number of hydrogen-bond donors (Lipinski definition) is 1. The van der Waals surface area contributed by atoms with Crippen molar-refractivity contribution in [2.45, 2.75) is 20.3 Å². The number of nitrogens with one attached hydrogen (secondary N) is 1. The van der Waals surface area contributed by atoms with Gasteiger partial charge in [-0.25, -0.2) is 0 Å². The molecule has 0 atom stereocenters. The number of nitrogens with zero attached hydrogens (tertiary/aromatic N) is 1. The van der Waals surface area contributed by atoms with Gasteiger partial charge in [-0.2, -0.15) is 5.10 Å². The van der Waals surface area contributed by atoms with Crippen molar-refractivity contribution in [3.8, 4) is 0 Å². The van der Waals surface area contributed by atoms with Crippen molar-refractivity contribution in [1.82, 2.24) is 5.20 Å². The van der Waals surface area contributed by atoms with Crippen molar-refractivity contribution < 1.29 is 9.30 Å². The Bertz CT molecular complexity index is 812. The second kappa shape index (κ2) is 7.54. The van der Waals surface area contributed by atoms with Gasteiger partial charge in [-0.15, -0.1) is 0 Å². The molecule has 0 saturated carbocycles. The maximum absolute atomic E-state index is 13.4. The van der Waals surface area contributed by atoms with Gasteiger partial charge in [-0.05, 0) is 13.3 Å². The molecular weight excluding hydrogens is 331 g/mol. The van der Waals surface area contributed by atoms with Gasteiger partial charge < -0.3 is 4.74 Å². The van der Waals surface area contributed by atoms with Gasteiger partial charge in [0.05, 0.1) is 0 Å². The van der Waals surface area contributed by atoms with Gasteiger partial charge in [-0.1, -0.05) is 67.6 Å². The number of hydrogen-bond acceptors (Lipinski definition) is 3. The summed E-state index contributed by atoms with van der Waals surface area (Å²) in [5, 5.41) is 7.11. The maximum atomic E-state index is 13.4. The summed E-state index contributed by atoms with van der Waals surface area (Å²) in [6.07, 6.45) is 0.800. The first-order chi connectivity index (χ1) is 12.1. The average molecular weight is 352 g/mol. The highest BCUT2D eigenvalue weighted by molar-refractivity contribution is 7.68. The fourth-order valence-corrected chi connectivity index (χ4v) is 3.95. The Balaban J connectivity index is 2.02. The standard InChI is InChI=1S/C20H21N2O2P/c1-3-16(2)21-22-25(23)14-19(17-10-6-4-7-11-17)24-20(15-25)18-12-8-5-9-13-18/h4-15H,3H2,1-2H3,(H,22,23). The van der Waals surface area contributed by atoms with Crippen LogP contribution in [-0.2, 0) is 9.30 Å². The average Bonchev–Trinajstić information content (AvgIpc) is 2.67. The second-order valence-corrected chi connectivity index (χ2v) is 7.97. The Morgan fingerprint density at radius 3 is 1.88 bits per heavy atom. The Morgan fingerprint density at radius 2 is 1.44 bits per heavy atom. The molecule has 0 unspecified atom stereocenters. The highest BCUT2D eigenvalue weighted by Crippen LogP contribution is 2.53. The lowest BCUT2D eigenvalue weighted by Gasteiger charge is -2.22. The van der Waals surface area contributed by atoms with Gasteiger partial charge in [0.2, 0.25) is 7.29 Å². The first kappa shape index (κ1) is 17.2. The molecule has 1 heterocycles. The van der Waals surface area contributed by atoms with Gasteiger partial charge in [0.15, 0.2) is 0 Å². The van der Waals surface area contributed by atoms with Crippen LogP contribution in [-0.4, -0.2) is 5.71 Å². The zero-order valence-corrected chi connectivity index (χ0v) is 15.2. The molecular formula is C20H21N2O2P. The van der Waals surface area contributed by atoms with E-state index in [4.69, 9.17) is 4.74 Å². The quantitative estimate of drug-likeness (QED) is 0.429. The van der Waals surface area contributed by atoms with E-state index in [1.54, 1.807) is 11.6 Å². The summed E-state index contributed by atoms with van der Waals surface area (Å²) < 4.78 is 19.4. The molecule has 4 nitrogen and oxygen atoms in total. The van der Waals surface area contributed by atoms with Crippen molar-refractivity contribution in [3.63, 3.8) is 0 Å². The topological polar surface area (TPSA) is 50.7 Å². The minimum absolute atomic E-state index is 0.571. The van der Waals surface area contributed by atoms with E-state index in [0.717, 1.165) is 23.3 Å². The number of hydrazone groups is 1. The van der Waals surface area contributed by atoms with Gasteiger partial charge in [0, 0.05) is 28.5 Å². The van der Waals surface area contributed by atoms with Crippen molar-refractivity contribution in [3.05, 3.63) is 83.4 Å². The lowest BCUT2D eigenvalue weighted by molar-refractivity contribution is 0.468. The normalized spacial score (nSPS) is 16.5. The van der Waals surface area contributed by atoms with E-state index in [0.29, 0.717) is 11.5 Å². The minimum atomic E-state index is -3.01. The van der Waals surface area contributed by atoms with Crippen molar-refractivity contribution >= 4 is 24.5 Å². The molecule has 128 valence electrons. The van der Waals surface area contributed by atoms with E-state index in [2.05, 4.69) is 10.3 Å². The number of benzene rings is 2. The van der Waals surface area contributed by atoms with Crippen LogP contribution < -0.4 is 5.20 Å². The predicted molar refractivity (Wildman–Crippen MR) is 104 cm³/mol. The molecule has 2 aromatic rings. The molecule has 0 amide bonds. The fraction of sp³-hybridized carbons (Fsp3) is 0.150. The Kier molecular flexibility index (Phi) is 5.20. The Labute approximate surface area is 148 Å². The van der Waals surface area contributed by atoms with Crippen molar-refractivity contribution in [2.24, 2.45) is 5.10 Å². The Morgan fingerprint density at radius 1 is 0.960 bits per heavy atom.